The van der Waals surface area contributed by atoms with Crippen LogP contribution in [-0.2, 0) is 11.2 Å². The maximum Gasteiger partial charge on any atom is 0.244 e. The van der Waals surface area contributed by atoms with Crippen LogP contribution in [0.2, 0.25) is 0 Å². The Morgan fingerprint density at radius 1 is 1.44 bits per heavy atom. The summed E-state index contributed by atoms with van der Waals surface area (Å²) in [6.45, 7) is 2.11. The number of aryl methyl sites for hydroxylation is 1. The molecule has 1 aliphatic rings. The molecular formula is C15H18N2O. The smallest absolute Gasteiger partial charge is 0.244 e. The first-order valence-corrected chi connectivity index (χ1v) is 6.52. The van der Waals surface area contributed by atoms with Gasteiger partial charge >= 0.3 is 0 Å². The van der Waals surface area contributed by atoms with Crippen molar-refractivity contribution < 1.29 is 4.79 Å². The first-order valence-electron chi connectivity index (χ1n) is 6.52. The molecular weight excluding hydrogens is 224 g/mol. The first-order chi connectivity index (χ1) is 8.72. The second kappa shape index (κ2) is 5.22. The lowest BCUT2D eigenvalue weighted by Crippen LogP contribution is -2.40. The molecule has 1 fully saturated rings. The third-order valence-corrected chi connectivity index (χ3v) is 3.64. The summed E-state index contributed by atoms with van der Waals surface area (Å²) in [6.07, 6.45) is 4.32. The van der Waals surface area contributed by atoms with Gasteiger partial charge in [0.15, 0.2) is 0 Å². The van der Waals surface area contributed by atoms with E-state index in [0.29, 0.717) is 12.8 Å². The van der Waals surface area contributed by atoms with Crippen LogP contribution >= 0.6 is 0 Å². The molecule has 1 saturated carbocycles. The van der Waals surface area contributed by atoms with E-state index in [0.717, 1.165) is 30.5 Å². The molecule has 0 unspecified atom stereocenters. The third-order valence-electron chi connectivity index (χ3n) is 3.64. The molecule has 1 aromatic rings. The summed E-state index contributed by atoms with van der Waals surface area (Å²) in [5, 5.41) is 12.1. The van der Waals surface area contributed by atoms with E-state index < -0.39 is 5.41 Å². The monoisotopic (exact) mass is 242 g/mol. The van der Waals surface area contributed by atoms with Crippen molar-refractivity contribution in [1.29, 1.82) is 5.26 Å². The lowest BCUT2D eigenvalue weighted by Gasteiger charge is -2.33. The molecule has 1 amide bonds. The van der Waals surface area contributed by atoms with Crippen LogP contribution in [0.5, 0.6) is 0 Å². The van der Waals surface area contributed by atoms with E-state index in [4.69, 9.17) is 5.26 Å². The van der Waals surface area contributed by atoms with Gasteiger partial charge < -0.3 is 5.32 Å². The van der Waals surface area contributed by atoms with Crippen LogP contribution < -0.4 is 5.32 Å². The Balaban J connectivity index is 2.14. The molecule has 3 heteroatoms. The maximum atomic E-state index is 12.2. The van der Waals surface area contributed by atoms with Gasteiger partial charge in [-0.3, -0.25) is 4.79 Å². The predicted octanol–water partition coefficient (Wildman–Crippen LogP) is 3.27. The van der Waals surface area contributed by atoms with Gasteiger partial charge in [-0.1, -0.05) is 31.5 Å². The Morgan fingerprint density at radius 2 is 2.17 bits per heavy atom. The Hall–Kier alpha value is -1.82. The summed E-state index contributed by atoms with van der Waals surface area (Å²) in [4.78, 5) is 12.2. The largest absolute Gasteiger partial charge is 0.324 e. The van der Waals surface area contributed by atoms with Crippen molar-refractivity contribution in [2.45, 2.75) is 39.0 Å². The summed E-state index contributed by atoms with van der Waals surface area (Å²) in [5.41, 5.74) is 1.21. The maximum absolute atomic E-state index is 12.2. The van der Waals surface area contributed by atoms with E-state index in [1.807, 2.05) is 24.3 Å². The Morgan fingerprint density at radius 3 is 2.72 bits per heavy atom. The van der Waals surface area contributed by atoms with Crippen LogP contribution in [0.4, 0.5) is 5.69 Å². The molecule has 0 bridgehead atoms. The van der Waals surface area contributed by atoms with Gasteiger partial charge in [-0.05, 0) is 37.3 Å². The van der Waals surface area contributed by atoms with Gasteiger partial charge in [0.25, 0.3) is 0 Å². The number of rotatable bonds is 4. The topological polar surface area (TPSA) is 52.9 Å². The Kier molecular flexibility index (Phi) is 3.66. The summed E-state index contributed by atoms with van der Waals surface area (Å²) in [5.74, 6) is -0.139. The van der Waals surface area contributed by atoms with Crippen LogP contribution in [0.15, 0.2) is 24.3 Å². The second-order valence-electron chi connectivity index (χ2n) is 4.91. The van der Waals surface area contributed by atoms with Crippen molar-refractivity contribution in [3.63, 3.8) is 0 Å². The zero-order valence-corrected chi connectivity index (χ0v) is 10.7. The highest BCUT2D eigenvalue weighted by molar-refractivity contribution is 5.98. The minimum Gasteiger partial charge on any atom is -0.324 e. The second-order valence-corrected chi connectivity index (χ2v) is 4.91. The first kappa shape index (κ1) is 12.6. The highest BCUT2D eigenvalue weighted by Crippen LogP contribution is 2.41. The molecule has 3 nitrogen and oxygen atoms in total. The third kappa shape index (κ3) is 2.24. The van der Waals surface area contributed by atoms with Crippen LogP contribution in [0.25, 0.3) is 0 Å². The molecule has 0 saturated heterocycles. The number of amides is 1. The normalized spacial score (nSPS) is 16.4. The number of carbonyl (C=O) groups excluding carboxylic acids is 1. The fourth-order valence-corrected chi connectivity index (χ4v) is 2.29. The molecule has 0 aromatic heterocycles. The van der Waals surface area contributed by atoms with Crippen molar-refractivity contribution >= 4 is 11.6 Å². The van der Waals surface area contributed by atoms with Crippen LogP contribution in [0, 0.1) is 16.7 Å². The molecule has 1 aromatic carbocycles. The molecule has 1 N–H and O–H groups in total. The zero-order valence-electron chi connectivity index (χ0n) is 10.7. The summed E-state index contributed by atoms with van der Waals surface area (Å²) < 4.78 is 0. The predicted molar refractivity (Wildman–Crippen MR) is 71.0 cm³/mol. The van der Waals surface area contributed by atoms with Gasteiger partial charge in [-0.15, -0.1) is 0 Å². The number of carbonyl (C=O) groups is 1. The molecule has 1 aliphatic carbocycles. The van der Waals surface area contributed by atoms with Gasteiger partial charge in [-0.25, -0.2) is 0 Å². The van der Waals surface area contributed by atoms with Gasteiger partial charge in [0.2, 0.25) is 5.91 Å². The van der Waals surface area contributed by atoms with Crippen LogP contribution in [0.3, 0.4) is 0 Å². The van der Waals surface area contributed by atoms with E-state index in [9.17, 15) is 4.79 Å². The molecule has 0 aliphatic heterocycles. The van der Waals surface area contributed by atoms with Gasteiger partial charge in [0.1, 0.15) is 5.41 Å². The molecule has 0 spiro atoms. The van der Waals surface area contributed by atoms with Crippen molar-refractivity contribution in [3.8, 4) is 6.07 Å². The van der Waals surface area contributed by atoms with Crippen LogP contribution in [-0.4, -0.2) is 5.91 Å². The molecule has 0 heterocycles. The van der Waals surface area contributed by atoms with Crippen molar-refractivity contribution in [2.75, 3.05) is 5.32 Å². The quantitative estimate of drug-likeness (QED) is 0.881. The minimum absolute atomic E-state index is 0.139. The average molecular weight is 242 g/mol. The van der Waals surface area contributed by atoms with E-state index in [-0.39, 0.29) is 5.91 Å². The number of anilines is 1. The summed E-state index contributed by atoms with van der Waals surface area (Å²) in [6, 6.07) is 10.00. The fourth-order valence-electron chi connectivity index (χ4n) is 2.29. The van der Waals surface area contributed by atoms with Gasteiger partial charge in [0, 0.05) is 5.69 Å². The van der Waals surface area contributed by atoms with E-state index in [1.165, 1.54) is 0 Å². The lowest BCUT2D eigenvalue weighted by molar-refractivity contribution is -0.126. The average Bonchev–Trinajstić information content (AvgIpc) is 2.31. The number of hydrogen-bond acceptors (Lipinski definition) is 2. The van der Waals surface area contributed by atoms with Crippen molar-refractivity contribution in [2.24, 2.45) is 5.41 Å². The molecule has 0 atom stereocenters. The lowest BCUT2D eigenvalue weighted by atomic mass is 9.69. The SMILES string of the molecule is CCCc1ccccc1NC(=O)C1(C#N)CCC1. The zero-order chi connectivity index (χ0) is 13.0. The number of nitriles is 1. The van der Waals surface area contributed by atoms with Crippen molar-refractivity contribution in [3.05, 3.63) is 29.8 Å². The number of para-hydroxylation sites is 1. The Bertz CT molecular complexity index is 484. The molecule has 0 radical (unpaired) electrons. The van der Waals surface area contributed by atoms with Gasteiger partial charge in [0.05, 0.1) is 6.07 Å². The van der Waals surface area contributed by atoms with E-state index >= 15 is 0 Å². The number of hydrogen-bond donors (Lipinski definition) is 1. The summed E-state index contributed by atoms with van der Waals surface area (Å²) >= 11 is 0. The highest BCUT2D eigenvalue weighted by Gasteiger charge is 2.44. The summed E-state index contributed by atoms with van der Waals surface area (Å²) in [7, 11) is 0. The van der Waals surface area contributed by atoms with Crippen LogP contribution in [0.1, 0.15) is 38.2 Å². The number of nitrogens with zero attached hydrogens (tertiary/aromatic N) is 1. The van der Waals surface area contributed by atoms with Gasteiger partial charge in [-0.2, -0.15) is 5.26 Å². The Labute approximate surface area is 108 Å². The highest BCUT2D eigenvalue weighted by atomic mass is 16.2. The minimum atomic E-state index is -0.778. The number of benzene rings is 1. The van der Waals surface area contributed by atoms with E-state index in [1.54, 1.807) is 0 Å². The standard InChI is InChI=1S/C15H18N2O/c1-2-6-12-7-3-4-8-13(12)17-14(18)15(11-16)9-5-10-15/h3-4,7-8H,2,5-6,9-10H2,1H3,(H,17,18). The van der Waals surface area contributed by atoms with Crippen molar-refractivity contribution in [1.82, 2.24) is 0 Å². The molecule has 2 rings (SSSR count). The molecule has 18 heavy (non-hydrogen) atoms. The van der Waals surface area contributed by atoms with E-state index in [2.05, 4.69) is 18.3 Å². The number of nitrogens with one attached hydrogen (secondary N) is 1. The fraction of sp³-hybridized carbons (Fsp3) is 0.467. The molecule has 94 valence electrons.